The lowest BCUT2D eigenvalue weighted by molar-refractivity contribution is -0.134. The molecule has 0 fully saturated rings. The molecule has 0 aliphatic carbocycles. The van der Waals surface area contributed by atoms with Crippen molar-refractivity contribution < 1.29 is 9.53 Å². The molecule has 0 saturated heterocycles. The molecule has 9 heteroatoms. The highest BCUT2D eigenvalue weighted by atomic mass is 35.5. The first-order valence-corrected chi connectivity index (χ1v) is 11.5. The molecule has 0 saturated carbocycles. The van der Waals surface area contributed by atoms with Gasteiger partial charge in [0.1, 0.15) is 0 Å². The van der Waals surface area contributed by atoms with Crippen LogP contribution in [0, 0.1) is 0 Å². The second-order valence-corrected chi connectivity index (χ2v) is 8.43. The molecule has 0 bridgehead atoms. The largest absolute Gasteiger partial charge is 0.424 e. The zero-order chi connectivity index (χ0) is 24.6. The van der Waals surface area contributed by atoms with Gasteiger partial charge in [-0.05, 0) is 54.2 Å². The molecule has 1 atom stereocenters. The maximum Gasteiger partial charge on any atom is 0.313 e. The fraction of sp³-hybridized carbons (Fsp3) is 0.0769. The number of hydrogen-bond acceptors (Lipinski definition) is 6. The number of rotatable bonds is 7. The average Bonchev–Trinajstić information content (AvgIpc) is 2.86. The van der Waals surface area contributed by atoms with Gasteiger partial charge in [0, 0.05) is 16.6 Å². The summed E-state index contributed by atoms with van der Waals surface area (Å²) < 4.78 is 5.55. The molecule has 35 heavy (non-hydrogen) atoms. The Balaban J connectivity index is 1.35. The fourth-order valence-corrected chi connectivity index (χ4v) is 3.60. The predicted molar refractivity (Wildman–Crippen MR) is 142 cm³/mol. The highest BCUT2D eigenvalue weighted by Crippen LogP contribution is 2.26. The minimum Gasteiger partial charge on any atom is -0.424 e. The van der Waals surface area contributed by atoms with Gasteiger partial charge in [-0.2, -0.15) is 0 Å². The molecule has 1 aromatic heterocycles. The van der Waals surface area contributed by atoms with Crippen molar-refractivity contribution in [2.45, 2.75) is 12.5 Å². The zero-order valence-corrected chi connectivity index (χ0v) is 20.1. The molecule has 3 aromatic carbocycles. The second kappa shape index (κ2) is 11.5. The van der Waals surface area contributed by atoms with Crippen molar-refractivity contribution in [3.8, 4) is 17.0 Å². The Morgan fingerprint density at radius 2 is 1.63 bits per heavy atom. The van der Waals surface area contributed by atoms with E-state index in [2.05, 4.69) is 20.8 Å². The van der Waals surface area contributed by atoms with E-state index >= 15 is 0 Å². The van der Waals surface area contributed by atoms with Gasteiger partial charge < -0.3 is 21.1 Å². The van der Waals surface area contributed by atoms with E-state index in [4.69, 9.17) is 34.3 Å². The van der Waals surface area contributed by atoms with Crippen LogP contribution >= 0.6 is 23.8 Å². The number of ether oxygens (including phenoxy) is 1. The molecule has 176 valence electrons. The number of halogens is 1. The number of nitrogens with two attached hydrogens (primary N) is 1. The van der Waals surface area contributed by atoms with Crippen LogP contribution in [0.1, 0.15) is 18.0 Å². The highest BCUT2D eigenvalue weighted by molar-refractivity contribution is 7.80. The Morgan fingerprint density at radius 3 is 2.34 bits per heavy atom. The third kappa shape index (κ3) is 6.83. The van der Waals surface area contributed by atoms with Gasteiger partial charge in [-0.1, -0.05) is 66.2 Å². The highest BCUT2D eigenvalue weighted by Gasteiger charge is 2.16. The topological polar surface area (TPSA) is 102 Å². The Labute approximate surface area is 213 Å². The molecule has 0 amide bonds. The van der Waals surface area contributed by atoms with Crippen LogP contribution in [0.4, 0.5) is 11.5 Å². The number of anilines is 2. The molecule has 1 heterocycles. The maximum atomic E-state index is 12.5. The average molecular weight is 504 g/mol. The summed E-state index contributed by atoms with van der Waals surface area (Å²) in [5.41, 5.74) is 9.19. The van der Waals surface area contributed by atoms with Crippen molar-refractivity contribution in [1.29, 1.82) is 0 Å². The molecule has 4 aromatic rings. The van der Waals surface area contributed by atoms with Gasteiger partial charge >= 0.3 is 5.97 Å². The lowest BCUT2D eigenvalue weighted by Gasteiger charge is -2.15. The molecule has 7 nitrogen and oxygen atoms in total. The van der Waals surface area contributed by atoms with Crippen LogP contribution in [0.5, 0.6) is 5.75 Å². The summed E-state index contributed by atoms with van der Waals surface area (Å²) in [6.07, 6.45) is 0.00200. The van der Waals surface area contributed by atoms with Gasteiger partial charge in [0.15, 0.2) is 16.7 Å². The van der Waals surface area contributed by atoms with Crippen molar-refractivity contribution in [1.82, 2.24) is 10.2 Å². The summed E-state index contributed by atoms with van der Waals surface area (Å²) in [5, 5.41) is 15.3. The number of nitrogens with zero attached hydrogens (tertiary/aromatic N) is 2. The Kier molecular flexibility index (Phi) is 7.99. The van der Waals surface area contributed by atoms with E-state index in [1.165, 1.54) is 0 Å². The predicted octanol–water partition coefficient (Wildman–Crippen LogP) is 5.60. The third-order valence-electron chi connectivity index (χ3n) is 5.02. The number of esters is 1. The van der Waals surface area contributed by atoms with Crippen LogP contribution < -0.4 is 21.1 Å². The number of nitrogens with one attached hydrogen (secondary N) is 2. The quantitative estimate of drug-likeness (QED) is 0.170. The number of benzene rings is 3. The summed E-state index contributed by atoms with van der Waals surface area (Å²) in [6, 6.07) is 26.9. The number of thiocarbonyl (C=S) groups is 1. The van der Waals surface area contributed by atoms with E-state index in [1.54, 1.807) is 54.6 Å². The molecule has 4 N–H and O–H groups in total. The summed E-state index contributed by atoms with van der Waals surface area (Å²) >= 11 is 11.3. The standard InChI is InChI=1S/C26H22ClN5O2S/c27-19-12-10-17(11-13-19)20(28)16-25(33)34-23-9-5-4-8-22(23)29-26(35)30-24-15-14-21(31-32-24)18-6-2-1-3-7-18/h1-15,20H,16,28H2,(H2,29,30,32,35). The summed E-state index contributed by atoms with van der Waals surface area (Å²) in [4.78, 5) is 12.5. The van der Waals surface area contributed by atoms with Crippen LogP contribution in [0.3, 0.4) is 0 Å². The SMILES string of the molecule is NC(CC(=O)Oc1ccccc1NC(=S)Nc1ccc(-c2ccccc2)nn1)c1ccc(Cl)cc1. The van der Waals surface area contributed by atoms with Crippen molar-refractivity contribution in [3.63, 3.8) is 0 Å². The summed E-state index contributed by atoms with van der Waals surface area (Å²) in [5.74, 6) is 0.337. The molecule has 1 unspecified atom stereocenters. The Hall–Kier alpha value is -3.85. The van der Waals surface area contributed by atoms with E-state index in [9.17, 15) is 4.79 Å². The van der Waals surface area contributed by atoms with Crippen molar-refractivity contribution in [2.75, 3.05) is 10.6 Å². The lowest BCUT2D eigenvalue weighted by atomic mass is 10.1. The van der Waals surface area contributed by atoms with Crippen molar-refractivity contribution >= 4 is 46.4 Å². The van der Waals surface area contributed by atoms with Gasteiger partial charge in [-0.3, -0.25) is 4.79 Å². The van der Waals surface area contributed by atoms with E-state index in [0.717, 1.165) is 16.8 Å². The van der Waals surface area contributed by atoms with Crippen LogP contribution in [0.25, 0.3) is 11.3 Å². The van der Waals surface area contributed by atoms with Crippen LogP contribution in [-0.4, -0.2) is 21.3 Å². The minimum atomic E-state index is -0.514. The second-order valence-electron chi connectivity index (χ2n) is 7.58. The van der Waals surface area contributed by atoms with E-state index in [-0.39, 0.29) is 11.5 Å². The van der Waals surface area contributed by atoms with E-state index < -0.39 is 12.0 Å². The number of hydrogen-bond donors (Lipinski definition) is 3. The number of para-hydroxylation sites is 2. The number of aromatic nitrogens is 2. The first kappa shape index (κ1) is 24.3. The van der Waals surface area contributed by atoms with E-state index in [0.29, 0.717) is 22.3 Å². The van der Waals surface area contributed by atoms with Crippen molar-refractivity contribution in [2.24, 2.45) is 5.73 Å². The van der Waals surface area contributed by atoms with Crippen LogP contribution in [0.2, 0.25) is 5.02 Å². The zero-order valence-electron chi connectivity index (χ0n) is 18.5. The molecule has 0 radical (unpaired) electrons. The fourth-order valence-electron chi connectivity index (χ4n) is 3.26. The maximum absolute atomic E-state index is 12.5. The van der Waals surface area contributed by atoms with Crippen LogP contribution in [0.15, 0.2) is 91.0 Å². The first-order valence-electron chi connectivity index (χ1n) is 10.8. The van der Waals surface area contributed by atoms with Crippen molar-refractivity contribution in [3.05, 3.63) is 102 Å². The molecule has 4 rings (SSSR count). The van der Waals surface area contributed by atoms with Gasteiger partial charge in [0.2, 0.25) is 0 Å². The Morgan fingerprint density at radius 1 is 0.914 bits per heavy atom. The Bertz CT molecular complexity index is 1300. The van der Waals surface area contributed by atoms with Crippen LogP contribution in [-0.2, 0) is 4.79 Å². The lowest BCUT2D eigenvalue weighted by Crippen LogP contribution is -2.22. The molecular formula is C26H22ClN5O2S. The molecular weight excluding hydrogens is 482 g/mol. The van der Waals surface area contributed by atoms with Gasteiger partial charge in [0.25, 0.3) is 0 Å². The smallest absolute Gasteiger partial charge is 0.313 e. The van der Waals surface area contributed by atoms with E-state index in [1.807, 2.05) is 36.4 Å². The van der Waals surface area contributed by atoms with Gasteiger partial charge in [0.05, 0.1) is 17.8 Å². The normalized spacial score (nSPS) is 11.4. The number of carbonyl (C=O) groups excluding carboxylic acids is 1. The van der Waals surface area contributed by atoms with Gasteiger partial charge in [-0.25, -0.2) is 0 Å². The summed E-state index contributed by atoms with van der Waals surface area (Å²) in [6.45, 7) is 0. The molecule has 0 aliphatic rings. The first-order chi connectivity index (χ1) is 17.0. The molecule has 0 aliphatic heterocycles. The number of carbonyl (C=O) groups is 1. The summed E-state index contributed by atoms with van der Waals surface area (Å²) in [7, 11) is 0. The monoisotopic (exact) mass is 503 g/mol. The minimum absolute atomic E-state index is 0.00200. The third-order valence-corrected chi connectivity index (χ3v) is 5.48. The molecule has 0 spiro atoms. The van der Waals surface area contributed by atoms with Gasteiger partial charge in [-0.15, -0.1) is 10.2 Å².